The molecule has 22 heavy (non-hydrogen) atoms. The van der Waals surface area contributed by atoms with Crippen molar-refractivity contribution in [2.45, 2.75) is 0 Å². The summed E-state index contributed by atoms with van der Waals surface area (Å²) in [6.07, 6.45) is 5.34. The molecule has 0 saturated carbocycles. The van der Waals surface area contributed by atoms with Gasteiger partial charge < -0.3 is 11.1 Å². The molecule has 0 aliphatic rings. The van der Waals surface area contributed by atoms with Gasteiger partial charge in [-0.3, -0.25) is 9.07 Å². The van der Waals surface area contributed by atoms with Crippen molar-refractivity contribution in [1.82, 2.24) is 14.8 Å². The third-order valence-corrected chi connectivity index (χ3v) is 2.35. The van der Waals surface area contributed by atoms with Crippen molar-refractivity contribution in [3.05, 3.63) is 79.1 Å². The molecule has 0 aliphatic carbocycles. The van der Waals surface area contributed by atoms with E-state index in [0.29, 0.717) is 0 Å². The predicted molar refractivity (Wildman–Crippen MR) is 82.8 cm³/mol. The summed E-state index contributed by atoms with van der Waals surface area (Å²) in [5, 5.41) is 3.83. The molecule has 2 aromatic heterocycles. The minimum absolute atomic E-state index is 0. The van der Waals surface area contributed by atoms with Crippen molar-refractivity contribution in [2.75, 3.05) is 0 Å². The number of pyridine rings is 1. The fourth-order valence-electron chi connectivity index (χ4n) is 1.43. The van der Waals surface area contributed by atoms with E-state index in [1.54, 1.807) is 23.1 Å². The van der Waals surface area contributed by atoms with E-state index in [0.717, 1.165) is 11.3 Å². The molecule has 0 saturated heterocycles. The number of aryl methyl sites for hydroxylation is 1. The first-order chi connectivity index (χ1) is 10.3. The van der Waals surface area contributed by atoms with Gasteiger partial charge in [-0.1, -0.05) is 12.1 Å². The number of rotatable bonds is 1. The van der Waals surface area contributed by atoms with Gasteiger partial charge in [0.15, 0.2) is 0 Å². The fraction of sp³-hybridized carbons (Fsp3) is 0.0667. The van der Waals surface area contributed by atoms with Crippen molar-refractivity contribution in [3.8, 4) is 11.3 Å². The Labute approximate surface area is 144 Å². The summed E-state index contributed by atoms with van der Waals surface area (Å²) in [6, 6.07) is 14.7. The van der Waals surface area contributed by atoms with E-state index < -0.39 is 0 Å². The van der Waals surface area contributed by atoms with Crippen LogP contribution in [0.5, 0.6) is 0 Å². The molecule has 0 unspecified atom stereocenters. The summed E-state index contributed by atoms with van der Waals surface area (Å²) in [7, 11) is 6.53. The summed E-state index contributed by atoms with van der Waals surface area (Å²) in [6.45, 7) is 0. The molecule has 0 amide bonds. The van der Waals surface area contributed by atoms with Crippen LogP contribution in [-0.2, 0) is 24.9 Å². The molecule has 0 fully saturated rings. The monoisotopic (exact) mass is 498 g/mol. The standard InChI is InChI=1S/C11H7FN.C4H6N2.ClH.Ir.H2N/c12-10-6-4-9(5-7-10)11-3-1-2-8-13-11;1-6-4-2-3-5-6;;;/h1-4,6-8H;2-4H,1H3;1H;;1H2/q-1;;;+3;-1/p-1. The molecule has 0 radical (unpaired) electrons. The first kappa shape index (κ1) is 20.4. The molecule has 1 aromatic carbocycles. The maximum Gasteiger partial charge on any atom is -0.693 e. The molecule has 2 heterocycles. The van der Waals surface area contributed by atoms with Gasteiger partial charge in [-0.25, -0.2) is 0 Å². The zero-order valence-electron chi connectivity index (χ0n) is 11.8. The third kappa shape index (κ3) is 7.43. The second-order valence-electron chi connectivity index (χ2n) is 3.82. The van der Waals surface area contributed by atoms with Crippen LogP contribution in [-0.4, -0.2) is 14.8 Å². The number of hydrogen-bond donors (Lipinski definition) is 0. The molecule has 0 bridgehead atoms. The topological polar surface area (TPSA) is 64.2 Å². The number of hydrogen-bond acceptors (Lipinski definition) is 2. The largest absolute Gasteiger partial charge is 0.693 e. The molecule has 118 valence electrons. The van der Waals surface area contributed by atoms with Crippen LogP contribution in [0.15, 0.2) is 61.1 Å². The zero-order valence-corrected chi connectivity index (χ0v) is 14.9. The van der Waals surface area contributed by atoms with E-state index in [1.165, 1.54) is 30.0 Å². The SMILES string of the molecule is Cn1cccn1.Fc1c[c-]c(-c2ccccn2)cc1.[Cl][Ir+2].[NH2-]. The quantitative estimate of drug-likeness (QED) is 0.464. The molecule has 7 heteroatoms. The van der Waals surface area contributed by atoms with E-state index in [4.69, 9.17) is 0 Å². The van der Waals surface area contributed by atoms with Crippen LogP contribution >= 0.6 is 9.58 Å². The predicted octanol–water partition coefficient (Wildman–Crippen LogP) is 4.51. The summed E-state index contributed by atoms with van der Waals surface area (Å²) >= 11 is 1.47. The molecule has 0 spiro atoms. The molecule has 3 aromatic rings. The molecule has 0 aliphatic heterocycles. The number of halogens is 2. The van der Waals surface area contributed by atoms with E-state index >= 15 is 0 Å². The minimum Gasteiger partial charge on any atom is -0.693 e. The van der Waals surface area contributed by atoms with Crippen LogP contribution in [0.2, 0.25) is 0 Å². The van der Waals surface area contributed by atoms with Gasteiger partial charge in [0.2, 0.25) is 0 Å². The molecular weight excluding hydrogens is 483 g/mol. The van der Waals surface area contributed by atoms with Gasteiger partial charge in [-0.2, -0.15) is 5.10 Å². The molecule has 2 N–H and O–H groups in total. The van der Waals surface area contributed by atoms with Crippen molar-refractivity contribution >= 4 is 9.58 Å². The molecular formula is C15H15ClFIrN4. The zero-order chi connectivity index (χ0) is 15.5. The van der Waals surface area contributed by atoms with Crippen LogP contribution in [0, 0.1) is 11.9 Å². The van der Waals surface area contributed by atoms with Crippen molar-refractivity contribution < 1.29 is 22.3 Å². The minimum atomic E-state index is -0.278. The third-order valence-electron chi connectivity index (χ3n) is 2.35. The van der Waals surface area contributed by atoms with Crippen LogP contribution in [0.1, 0.15) is 0 Å². The molecule has 0 atom stereocenters. The first-order valence-electron chi connectivity index (χ1n) is 5.90. The van der Waals surface area contributed by atoms with Gasteiger partial charge >= 0.3 is 27.5 Å². The summed E-state index contributed by atoms with van der Waals surface area (Å²) in [5.74, 6) is -0.278. The number of nitrogens with zero attached hydrogens (tertiary/aromatic N) is 3. The Bertz CT molecular complexity index is 603. The van der Waals surface area contributed by atoms with Gasteiger partial charge in [0.1, 0.15) is 0 Å². The van der Waals surface area contributed by atoms with E-state index in [2.05, 4.69) is 25.7 Å². The second kappa shape index (κ2) is 12.0. The number of benzene rings is 1. The van der Waals surface area contributed by atoms with Crippen LogP contribution in [0.4, 0.5) is 4.39 Å². The van der Waals surface area contributed by atoms with E-state index in [9.17, 15) is 4.39 Å². The Morgan fingerprint density at radius 2 is 1.91 bits per heavy atom. The van der Waals surface area contributed by atoms with Gasteiger partial charge in [-0.05, 0) is 17.8 Å². The van der Waals surface area contributed by atoms with Gasteiger partial charge in [0.25, 0.3) is 0 Å². The smallest absolute Gasteiger partial charge is 0.693 e. The van der Waals surface area contributed by atoms with E-state index in [-0.39, 0.29) is 12.0 Å². The Kier molecular flexibility index (Phi) is 11.1. The van der Waals surface area contributed by atoms with Crippen LogP contribution in [0.3, 0.4) is 0 Å². The average molecular weight is 498 g/mol. The molecule has 3 rings (SSSR count). The molecule has 4 nitrogen and oxygen atoms in total. The summed E-state index contributed by atoms with van der Waals surface area (Å²) in [4.78, 5) is 4.12. The van der Waals surface area contributed by atoms with E-state index in [1.807, 2.05) is 37.5 Å². The Morgan fingerprint density at radius 3 is 2.32 bits per heavy atom. The van der Waals surface area contributed by atoms with Crippen molar-refractivity contribution in [1.29, 1.82) is 0 Å². The van der Waals surface area contributed by atoms with Crippen molar-refractivity contribution in [3.63, 3.8) is 0 Å². The average Bonchev–Trinajstić information content (AvgIpc) is 3.03. The van der Waals surface area contributed by atoms with Gasteiger partial charge in [0, 0.05) is 31.5 Å². The number of aromatic nitrogens is 3. The fourth-order valence-corrected chi connectivity index (χ4v) is 1.43. The maximum atomic E-state index is 12.6. The van der Waals surface area contributed by atoms with Crippen molar-refractivity contribution in [2.24, 2.45) is 7.05 Å². The Balaban J connectivity index is 0.000000416. The maximum absolute atomic E-state index is 12.6. The Morgan fingerprint density at radius 1 is 1.14 bits per heavy atom. The summed E-state index contributed by atoms with van der Waals surface area (Å²) in [5.41, 5.74) is 1.62. The van der Waals surface area contributed by atoms with Gasteiger partial charge in [0.05, 0.1) is 0 Å². The van der Waals surface area contributed by atoms with Gasteiger partial charge in [-0.15, -0.1) is 29.8 Å². The number of nitrogens with two attached hydrogens (primary N) is 1. The second-order valence-corrected chi connectivity index (χ2v) is 3.82. The normalized spacial score (nSPS) is 8.55. The Hall–Kier alpha value is -1.59. The first-order valence-corrected chi connectivity index (χ1v) is 8.87. The summed E-state index contributed by atoms with van der Waals surface area (Å²) < 4.78 is 14.3. The van der Waals surface area contributed by atoms with Crippen LogP contribution in [0.25, 0.3) is 17.4 Å². The van der Waals surface area contributed by atoms with Crippen LogP contribution < -0.4 is 0 Å².